The average Bonchev–Trinajstić information content (AvgIpc) is 2.62. The zero-order chi connectivity index (χ0) is 17.1. The zero-order valence-electron chi connectivity index (χ0n) is 12.9. The van der Waals surface area contributed by atoms with Gasteiger partial charge in [0.1, 0.15) is 0 Å². The van der Waals surface area contributed by atoms with Gasteiger partial charge in [0.05, 0.1) is 24.3 Å². The van der Waals surface area contributed by atoms with Gasteiger partial charge in [0.25, 0.3) is 0 Å². The standard InChI is InChI=1S/C19H13BrN2O2/c1-3-24-19(23)16-11-22-18-14(5-4-6-15(18)17(16)20)12-7-9-13(21-2)10-8-12/h4-11H,3H2,1H3. The topological polar surface area (TPSA) is 43.5 Å². The lowest BCUT2D eigenvalue weighted by atomic mass is 10.0. The molecular formula is C19H13BrN2O2. The number of pyridine rings is 1. The maximum Gasteiger partial charge on any atom is 0.340 e. The SMILES string of the molecule is [C-]#[N+]c1ccc(-c2cccc3c(Br)c(C(=O)OCC)cnc23)cc1. The predicted molar refractivity (Wildman–Crippen MR) is 97.1 cm³/mol. The summed E-state index contributed by atoms with van der Waals surface area (Å²) in [5, 5.41) is 0.840. The van der Waals surface area contributed by atoms with Crippen LogP contribution >= 0.6 is 15.9 Å². The Balaban J connectivity index is 2.16. The molecular weight excluding hydrogens is 368 g/mol. The molecule has 0 aliphatic rings. The molecule has 1 aromatic heterocycles. The van der Waals surface area contributed by atoms with Crippen LogP contribution in [0.1, 0.15) is 17.3 Å². The number of ether oxygens (including phenoxy) is 1. The third-order valence-electron chi connectivity index (χ3n) is 3.63. The number of rotatable bonds is 3. The van der Waals surface area contributed by atoms with Crippen LogP contribution in [0.5, 0.6) is 0 Å². The molecule has 0 saturated heterocycles. The van der Waals surface area contributed by atoms with E-state index >= 15 is 0 Å². The summed E-state index contributed by atoms with van der Waals surface area (Å²) >= 11 is 3.50. The number of nitrogens with zero attached hydrogens (tertiary/aromatic N) is 2. The third kappa shape index (κ3) is 2.89. The molecule has 3 rings (SSSR count). The second kappa shape index (κ2) is 6.81. The Morgan fingerprint density at radius 1 is 1.25 bits per heavy atom. The number of benzene rings is 2. The van der Waals surface area contributed by atoms with Crippen molar-refractivity contribution in [1.29, 1.82) is 0 Å². The van der Waals surface area contributed by atoms with E-state index in [1.54, 1.807) is 19.1 Å². The number of hydrogen-bond acceptors (Lipinski definition) is 3. The van der Waals surface area contributed by atoms with Gasteiger partial charge in [-0.3, -0.25) is 4.98 Å². The van der Waals surface area contributed by atoms with Gasteiger partial charge in [-0.2, -0.15) is 0 Å². The third-order valence-corrected chi connectivity index (χ3v) is 4.49. The summed E-state index contributed by atoms with van der Waals surface area (Å²) in [6.07, 6.45) is 1.53. The highest BCUT2D eigenvalue weighted by atomic mass is 79.9. The minimum Gasteiger partial charge on any atom is -0.462 e. The van der Waals surface area contributed by atoms with Gasteiger partial charge < -0.3 is 4.74 Å². The highest BCUT2D eigenvalue weighted by Crippen LogP contribution is 2.33. The molecule has 3 aromatic rings. The van der Waals surface area contributed by atoms with Gasteiger partial charge in [-0.05, 0) is 28.4 Å². The molecule has 118 valence electrons. The van der Waals surface area contributed by atoms with Crippen molar-refractivity contribution in [3.05, 3.63) is 70.1 Å². The summed E-state index contributed by atoms with van der Waals surface area (Å²) in [5.74, 6) is -0.398. The minimum absolute atomic E-state index is 0.316. The van der Waals surface area contributed by atoms with Crippen LogP contribution in [-0.2, 0) is 4.74 Å². The largest absolute Gasteiger partial charge is 0.462 e. The average molecular weight is 381 g/mol. The fraction of sp³-hybridized carbons (Fsp3) is 0.105. The van der Waals surface area contributed by atoms with Crippen molar-refractivity contribution in [2.75, 3.05) is 6.61 Å². The molecule has 0 spiro atoms. The van der Waals surface area contributed by atoms with Gasteiger partial charge in [-0.15, -0.1) is 0 Å². The Morgan fingerprint density at radius 3 is 2.67 bits per heavy atom. The Hall–Kier alpha value is -2.71. The van der Waals surface area contributed by atoms with Crippen LogP contribution in [0.25, 0.3) is 26.9 Å². The summed E-state index contributed by atoms with van der Waals surface area (Å²) in [6.45, 7) is 9.12. The van der Waals surface area contributed by atoms with Gasteiger partial charge in [-0.25, -0.2) is 9.64 Å². The van der Waals surface area contributed by atoms with E-state index in [9.17, 15) is 4.79 Å². The lowest BCUT2D eigenvalue weighted by Crippen LogP contribution is -2.06. The van der Waals surface area contributed by atoms with Crippen LogP contribution in [0, 0.1) is 6.57 Å². The number of fused-ring (bicyclic) bond motifs is 1. The van der Waals surface area contributed by atoms with Crippen LogP contribution in [0.3, 0.4) is 0 Å². The molecule has 4 nitrogen and oxygen atoms in total. The Labute approximate surface area is 148 Å². The second-order valence-electron chi connectivity index (χ2n) is 5.07. The molecule has 1 heterocycles. The minimum atomic E-state index is -0.398. The number of para-hydroxylation sites is 1. The van der Waals surface area contributed by atoms with Gasteiger partial charge in [0.15, 0.2) is 5.69 Å². The molecule has 0 bridgehead atoms. The molecule has 0 N–H and O–H groups in total. The van der Waals surface area contributed by atoms with Crippen molar-refractivity contribution in [3.8, 4) is 11.1 Å². The van der Waals surface area contributed by atoms with E-state index in [4.69, 9.17) is 11.3 Å². The van der Waals surface area contributed by atoms with Gasteiger partial charge in [0.2, 0.25) is 0 Å². The number of hydrogen-bond donors (Lipinski definition) is 0. The highest BCUT2D eigenvalue weighted by Gasteiger charge is 2.16. The summed E-state index contributed by atoms with van der Waals surface area (Å²) in [5.41, 5.74) is 3.70. The summed E-state index contributed by atoms with van der Waals surface area (Å²) in [7, 11) is 0. The van der Waals surface area contributed by atoms with Crippen molar-refractivity contribution in [2.24, 2.45) is 0 Å². The van der Waals surface area contributed by atoms with Crippen molar-refractivity contribution in [2.45, 2.75) is 6.92 Å². The fourth-order valence-corrected chi connectivity index (χ4v) is 3.07. The molecule has 0 amide bonds. The van der Waals surface area contributed by atoms with Crippen molar-refractivity contribution in [3.63, 3.8) is 0 Å². The van der Waals surface area contributed by atoms with Crippen molar-refractivity contribution >= 4 is 38.5 Å². The number of halogens is 1. The molecule has 24 heavy (non-hydrogen) atoms. The van der Waals surface area contributed by atoms with Gasteiger partial charge in [0, 0.05) is 21.6 Å². The summed E-state index contributed by atoms with van der Waals surface area (Å²) in [6, 6.07) is 13.2. The smallest absolute Gasteiger partial charge is 0.340 e. The molecule has 0 unspecified atom stereocenters. The van der Waals surface area contributed by atoms with E-state index in [2.05, 4.69) is 25.8 Å². The molecule has 0 aliphatic carbocycles. The molecule has 2 aromatic carbocycles. The maximum atomic E-state index is 12.0. The number of esters is 1. The molecule has 0 fully saturated rings. The Kier molecular flexibility index (Phi) is 4.59. The fourth-order valence-electron chi connectivity index (χ4n) is 2.49. The number of carbonyl (C=O) groups excluding carboxylic acids is 1. The van der Waals surface area contributed by atoms with E-state index in [1.165, 1.54) is 6.20 Å². The van der Waals surface area contributed by atoms with E-state index in [1.807, 2.05) is 30.3 Å². The first kappa shape index (κ1) is 16.2. The maximum absolute atomic E-state index is 12.0. The predicted octanol–water partition coefficient (Wildman–Crippen LogP) is 5.39. The zero-order valence-corrected chi connectivity index (χ0v) is 14.5. The number of aromatic nitrogens is 1. The van der Waals surface area contributed by atoms with E-state index < -0.39 is 5.97 Å². The summed E-state index contributed by atoms with van der Waals surface area (Å²) < 4.78 is 5.73. The van der Waals surface area contributed by atoms with Crippen LogP contribution in [0.2, 0.25) is 0 Å². The van der Waals surface area contributed by atoms with Gasteiger partial charge >= 0.3 is 5.97 Å². The Bertz CT molecular complexity index is 960. The normalized spacial score (nSPS) is 10.4. The molecule has 0 atom stereocenters. The molecule has 0 saturated carbocycles. The first-order chi connectivity index (χ1) is 11.7. The van der Waals surface area contributed by atoms with Crippen molar-refractivity contribution < 1.29 is 9.53 Å². The van der Waals surface area contributed by atoms with Gasteiger partial charge in [-0.1, -0.05) is 42.5 Å². The highest BCUT2D eigenvalue weighted by molar-refractivity contribution is 9.10. The van der Waals surface area contributed by atoms with E-state index in [-0.39, 0.29) is 0 Å². The van der Waals surface area contributed by atoms with Crippen LogP contribution < -0.4 is 0 Å². The first-order valence-corrected chi connectivity index (χ1v) is 8.17. The van der Waals surface area contributed by atoms with Crippen LogP contribution in [0.15, 0.2) is 53.1 Å². The van der Waals surface area contributed by atoms with E-state index in [0.29, 0.717) is 22.3 Å². The lowest BCUT2D eigenvalue weighted by molar-refractivity contribution is 0.0525. The monoisotopic (exact) mass is 380 g/mol. The van der Waals surface area contributed by atoms with Crippen LogP contribution in [0.4, 0.5) is 5.69 Å². The summed E-state index contributed by atoms with van der Waals surface area (Å²) in [4.78, 5) is 19.9. The van der Waals surface area contributed by atoms with Crippen molar-refractivity contribution in [1.82, 2.24) is 4.98 Å². The quantitative estimate of drug-likeness (QED) is 0.451. The molecule has 0 aliphatic heterocycles. The molecule has 5 heteroatoms. The lowest BCUT2D eigenvalue weighted by Gasteiger charge is -2.10. The number of carbonyl (C=O) groups is 1. The Morgan fingerprint density at radius 2 is 2.00 bits per heavy atom. The second-order valence-corrected chi connectivity index (χ2v) is 5.86. The first-order valence-electron chi connectivity index (χ1n) is 7.38. The van der Waals surface area contributed by atoms with E-state index in [0.717, 1.165) is 22.0 Å². The van der Waals surface area contributed by atoms with Crippen LogP contribution in [-0.4, -0.2) is 17.6 Å². The molecule has 0 radical (unpaired) electrons.